The number of benzene rings is 1. The molecule has 0 radical (unpaired) electrons. The third kappa shape index (κ3) is 7.07. The zero-order valence-electron chi connectivity index (χ0n) is 17.8. The lowest BCUT2D eigenvalue weighted by Crippen LogP contribution is -2.47. The van der Waals surface area contributed by atoms with Crippen LogP contribution in [0.1, 0.15) is 18.1 Å². The molecule has 0 saturated carbocycles. The lowest BCUT2D eigenvalue weighted by molar-refractivity contribution is 0.139. The molecule has 0 bridgehead atoms. The topological polar surface area (TPSA) is 77.0 Å². The maximum absolute atomic E-state index is 11.7. The van der Waals surface area contributed by atoms with E-state index in [1.165, 1.54) is 6.26 Å². The third-order valence-corrected chi connectivity index (χ3v) is 6.36. The number of hydrogen-bond acceptors (Lipinski definition) is 5. The normalized spacial score (nSPS) is 18.1. The smallest absolute Gasteiger partial charge is 0.191 e. The van der Waals surface area contributed by atoms with E-state index in [0.29, 0.717) is 17.4 Å². The Morgan fingerprint density at radius 2 is 1.89 bits per heavy atom. The van der Waals surface area contributed by atoms with Crippen molar-refractivity contribution >= 4 is 15.8 Å². The molecular weight excluding hydrogens is 374 g/mol. The maximum Gasteiger partial charge on any atom is 0.191 e. The van der Waals surface area contributed by atoms with E-state index >= 15 is 0 Å². The Kier molecular flexibility index (Phi) is 8.27. The van der Waals surface area contributed by atoms with E-state index in [2.05, 4.69) is 39.4 Å². The number of aliphatic imine (C=N–C) groups is 1. The summed E-state index contributed by atoms with van der Waals surface area (Å²) in [5.74, 6) is 1.29. The Hall–Kier alpha value is -1.64. The number of nitrogens with one attached hydrogen (secondary N) is 2. The molecule has 2 rings (SSSR count). The third-order valence-electron chi connectivity index (χ3n) is 5.11. The largest absolute Gasteiger partial charge is 0.356 e. The van der Waals surface area contributed by atoms with Crippen molar-refractivity contribution in [2.75, 3.05) is 59.6 Å². The van der Waals surface area contributed by atoms with Gasteiger partial charge in [-0.05, 0) is 37.1 Å². The molecule has 28 heavy (non-hydrogen) atoms. The van der Waals surface area contributed by atoms with Gasteiger partial charge in [-0.1, -0.05) is 19.1 Å². The Bertz CT molecular complexity index is 771. The van der Waals surface area contributed by atoms with E-state index in [4.69, 9.17) is 0 Å². The number of aryl methyl sites for hydroxylation is 1. The minimum atomic E-state index is -3.18. The van der Waals surface area contributed by atoms with E-state index in [-0.39, 0.29) is 0 Å². The van der Waals surface area contributed by atoms with E-state index < -0.39 is 9.84 Å². The van der Waals surface area contributed by atoms with Crippen LogP contribution < -0.4 is 10.6 Å². The fourth-order valence-corrected chi connectivity index (χ4v) is 4.41. The highest BCUT2D eigenvalue weighted by atomic mass is 32.2. The van der Waals surface area contributed by atoms with E-state index in [9.17, 15) is 8.42 Å². The number of guanidine groups is 1. The first-order valence-electron chi connectivity index (χ1n) is 9.84. The summed E-state index contributed by atoms with van der Waals surface area (Å²) < 4.78 is 23.5. The molecule has 1 aromatic carbocycles. The van der Waals surface area contributed by atoms with Gasteiger partial charge in [0.15, 0.2) is 15.8 Å². The molecule has 1 saturated heterocycles. The van der Waals surface area contributed by atoms with Gasteiger partial charge in [0, 0.05) is 59.1 Å². The summed E-state index contributed by atoms with van der Waals surface area (Å²) in [5.41, 5.74) is 1.80. The Morgan fingerprint density at radius 3 is 2.46 bits per heavy atom. The van der Waals surface area contributed by atoms with Crippen LogP contribution in [-0.4, -0.2) is 83.8 Å². The number of hydrogen-bond donors (Lipinski definition) is 2. The monoisotopic (exact) mass is 409 g/mol. The van der Waals surface area contributed by atoms with Gasteiger partial charge in [-0.15, -0.1) is 0 Å². The maximum atomic E-state index is 11.7. The molecule has 2 N–H and O–H groups in total. The van der Waals surface area contributed by atoms with Crippen LogP contribution in [0.15, 0.2) is 28.1 Å². The van der Waals surface area contributed by atoms with E-state index in [0.717, 1.165) is 56.4 Å². The van der Waals surface area contributed by atoms with Crippen molar-refractivity contribution in [1.29, 1.82) is 0 Å². The van der Waals surface area contributed by atoms with Crippen LogP contribution >= 0.6 is 0 Å². The van der Waals surface area contributed by atoms with Gasteiger partial charge in [0.1, 0.15) is 0 Å². The minimum Gasteiger partial charge on any atom is -0.356 e. The molecule has 158 valence electrons. The van der Waals surface area contributed by atoms with Crippen molar-refractivity contribution in [3.8, 4) is 0 Å². The average Bonchev–Trinajstić information content (AvgIpc) is 2.63. The lowest BCUT2D eigenvalue weighted by atomic mass is 10.1. The summed E-state index contributed by atoms with van der Waals surface area (Å²) >= 11 is 0. The SMILES string of the molecule is CN=C(NCc1ccc(S(C)(=O)=O)c(C)c1)NCC(C)CN1CCN(C)CC1. The van der Waals surface area contributed by atoms with E-state index in [1.807, 2.05) is 19.1 Å². The molecule has 0 amide bonds. The molecule has 1 atom stereocenters. The van der Waals surface area contributed by atoms with Crippen LogP contribution in [-0.2, 0) is 16.4 Å². The molecule has 0 aliphatic carbocycles. The van der Waals surface area contributed by atoms with Gasteiger partial charge < -0.3 is 20.4 Å². The fraction of sp³-hybridized carbons (Fsp3) is 0.650. The summed E-state index contributed by atoms with van der Waals surface area (Å²) in [7, 11) is 0.754. The van der Waals surface area contributed by atoms with Crippen molar-refractivity contribution in [1.82, 2.24) is 20.4 Å². The summed E-state index contributed by atoms with van der Waals surface area (Å²) in [6, 6.07) is 5.43. The first-order valence-corrected chi connectivity index (χ1v) is 11.7. The summed E-state index contributed by atoms with van der Waals surface area (Å²) in [6.45, 7) is 11.2. The van der Waals surface area contributed by atoms with Crippen LogP contribution in [0.5, 0.6) is 0 Å². The standard InChI is InChI=1S/C20H35N5O2S/c1-16(15-25-10-8-24(4)9-11-25)13-22-20(21-3)23-14-18-6-7-19(17(2)12-18)28(5,26)27/h6-7,12,16H,8-11,13-15H2,1-5H3,(H2,21,22,23). The van der Waals surface area contributed by atoms with Crippen LogP contribution in [0.2, 0.25) is 0 Å². The highest BCUT2D eigenvalue weighted by molar-refractivity contribution is 7.90. The number of sulfone groups is 1. The molecule has 8 heteroatoms. The highest BCUT2D eigenvalue weighted by Crippen LogP contribution is 2.16. The minimum absolute atomic E-state index is 0.386. The summed E-state index contributed by atoms with van der Waals surface area (Å²) in [6.07, 6.45) is 1.24. The van der Waals surface area contributed by atoms with Gasteiger partial charge in [0.25, 0.3) is 0 Å². The Labute approximate surface area is 170 Å². The Morgan fingerprint density at radius 1 is 1.21 bits per heavy atom. The number of rotatable bonds is 7. The van der Waals surface area contributed by atoms with Crippen molar-refractivity contribution in [3.05, 3.63) is 29.3 Å². The molecule has 1 aromatic rings. The fourth-order valence-electron chi connectivity index (χ4n) is 3.45. The molecule has 1 fully saturated rings. The first kappa shape index (κ1) is 22.6. The number of likely N-dealkylation sites (N-methyl/N-ethyl adjacent to an activating group) is 1. The van der Waals surface area contributed by atoms with Gasteiger partial charge >= 0.3 is 0 Å². The summed E-state index contributed by atoms with van der Waals surface area (Å²) in [4.78, 5) is 9.57. The van der Waals surface area contributed by atoms with E-state index in [1.54, 1.807) is 13.1 Å². The Balaban J connectivity index is 1.79. The van der Waals surface area contributed by atoms with Crippen molar-refractivity contribution in [2.45, 2.75) is 25.3 Å². The van der Waals surface area contributed by atoms with Gasteiger partial charge in [0.05, 0.1) is 4.90 Å². The molecule has 7 nitrogen and oxygen atoms in total. The lowest BCUT2D eigenvalue weighted by Gasteiger charge is -2.34. The van der Waals surface area contributed by atoms with Crippen LogP contribution in [0.3, 0.4) is 0 Å². The predicted octanol–water partition coefficient (Wildman–Crippen LogP) is 0.947. The molecule has 0 spiro atoms. The first-order chi connectivity index (χ1) is 13.2. The number of nitrogens with zero attached hydrogens (tertiary/aromatic N) is 3. The highest BCUT2D eigenvalue weighted by Gasteiger charge is 2.16. The molecule has 1 aliphatic rings. The molecule has 0 aromatic heterocycles. The van der Waals surface area contributed by atoms with Gasteiger partial charge in [-0.3, -0.25) is 4.99 Å². The quantitative estimate of drug-likeness (QED) is 0.516. The van der Waals surface area contributed by atoms with Crippen LogP contribution in [0, 0.1) is 12.8 Å². The molecule has 1 heterocycles. The average molecular weight is 410 g/mol. The summed E-state index contributed by atoms with van der Waals surface area (Å²) in [5, 5.41) is 6.70. The zero-order valence-corrected chi connectivity index (χ0v) is 18.6. The van der Waals surface area contributed by atoms with Crippen molar-refractivity contribution < 1.29 is 8.42 Å². The van der Waals surface area contributed by atoms with Crippen LogP contribution in [0.4, 0.5) is 0 Å². The second-order valence-electron chi connectivity index (χ2n) is 7.89. The van der Waals surface area contributed by atoms with Crippen LogP contribution in [0.25, 0.3) is 0 Å². The molecule has 1 aliphatic heterocycles. The van der Waals surface area contributed by atoms with Gasteiger partial charge in [-0.2, -0.15) is 0 Å². The second kappa shape index (κ2) is 10.2. The number of piperazine rings is 1. The van der Waals surface area contributed by atoms with Crippen molar-refractivity contribution in [2.24, 2.45) is 10.9 Å². The predicted molar refractivity (Wildman–Crippen MR) is 116 cm³/mol. The second-order valence-corrected chi connectivity index (χ2v) is 9.87. The van der Waals surface area contributed by atoms with Gasteiger partial charge in [0.2, 0.25) is 0 Å². The van der Waals surface area contributed by atoms with Crippen molar-refractivity contribution in [3.63, 3.8) is 0 Å². The molecule has 1 unspecified atom stereocenters. The van der Waals surface area contributed by atoms with Gasteiger partial charge in [-0.25, -0.2) is 8.42 Å². The zero-order chi connectivity index (χ0) is 20.7. The molecular formula is C20H35N5O2S.